The average molecular weight is 297 g/mol. The van der Waals surface area contributed by atoms with E-state index < -0.39 is 0 Å². The summed E-state index contributed by atoms with van der Waals surface area (Å²) in [6.07, 6.45) is 7.17. The summed E-state index contributed by atoms with van der Waals surface area (Å²) in [5.74, 6) is -0.0796. The van der Waals surface area contributed by atoms with E-state index in [1.165, 1.54) is 36.3 Å². The van der Waals surface area contributed by atoms with Gasteiger partial charge in [-0.3, -0.25) is 4.79 Å². The summed E-state index contributed by atoms with van der Waals surface area (Å²) in [6.45, 7) is 0.346. The Hall–Kier alpha value is -0.980. The molecule has 0 saturated heterocycles. The minimum atomic E-state index is -0.226. The molecule has 0 aromatic carbocycles. The number of aryl methyl sites for hydroxylation is 2. The van der Waals surface area contributed by atoms with Crippen molar-refractivity contribution in [3.8, 4) is 0 Å². The van der Waals surface area contributed by atoms with Crippen molar-refractivity contribution >= 4 is 22.4 Å². The molecular formula is C14H23N3O2S. The fourth-order valence-corrected chi connectivity index (χ4v) is 3.47. The third kappa shape index (κ3) is 4.26. The van der Waals surface area contributed by atoms with E-state index in [4.69, 9.17) is 10.5 Å². The molecular weight excluding hydrogens is 274 g/mol. The Balaban J connectivity index is 1.95. The summed E-state index contributed by atoms with van der Waals surface area (Å²) >= 11 is 1.61. The largest absolute Gasteiger partial charge is 0.380 e. The Labute approximate surface area is 123 Å². The number of carbonyl (C=O) groups excluding carboxylic acids is 1. The number of thiazole rings is 1. The molecule has 1 atom stereocenters. The Morgan fingerprint density at radius 2 is 2.15 bits per heavy atom. The quantitative estimate of drug-likeness (QED) is 0.872. The average Bonchev–Trinajstić information content (AvgIpc) is 2.77. The molecule has 0 spiro atoms. The van der Waals surface area contributed by atoms with Gasteiger partial charge in [-0.15, -0.1) is 11.3 Å². The van der Waals surface area contributed by atoms with Gasteiger partial charge in [-0.05, 0) is 25.7 Å². The number of nitrogens with zero attached hydrogens (tertiary/aromatic N) is 1. The molecule has 1 heterocycles. The molecule has 1 aliphatic rings. The highest BCUT2D eigenvalue weighted by atomic mass is 32.1. The van der Waals surface area contributed by atoms with Crippen LogP contribution >= 0.6 is 11.3 Å². The maximum absolute atomic E-state index is 11.9. The van der Waals surface area contributed by atoms with Crippen molar-refractivity contribution in [2.45, 2.75) is 51.0 Å². The Kier molecular flexibility index (Phi) is 5.94. The number of methoxy groups -OCH3 is 1. The van der Waals surface area contributed by atoms with E-state index in [0.29, 0.717) is 11.7 Å². The number of carbonyl (C=O) groups is 1. The van der Waals surface area contributed by atoms with Gasteiger partial charge in [0.05, 0.1) is 18.2 Å². The van der Waals surface area contributed by atoms with Crippen molar-refractivity contribution in [3.05, 3.63) is 10.6 Å². The van der Waals surface area contributed by atoms with Crippen LogP contribution in [0.2, 0.25) is 0 Å². The number of fused-ring (bicyclic) bond motifs is 1. The van der Waals surface area contributed by atoms with Crippen molar-refractivity contribution in [2.75, 3.05) is 19.0 Å². The molecule has 0 saturated carbocycles. The van der Waals surface area contributed by atoms with Crippen molar-refractivity contribution in [1.82, 2.24) is 4.98 Å². The Morgan fingerprint density at radius 3 is 2.85 bits per heavy atom. The number of aromatic nitrogens is 1. The van der Waals surface area contributed by atoms with Gasteiger partial charge in [0.15, 0.2) is 5.13 Å². The summed E-state index contributed by atoms with van der Waals surface area (Å²) in [4.78, 5) is 17.8. The highest BCUT2D eigenvalue weighted by Crippen LogP contribution is 2.28. The van der Waals surface area contributed by atoms with Crippen LogP contribution in [0, 0.1) is 0 Å². The van der Waals surface area contributed by atoms with Crippen LogP contribution in [0.4, 0.5) is 5.13 Å². The van der Waals surface area contributed by atoms with Gasteiger partial charge in [0.2, 0.25) is 5.91 Å². The maximum Gasteiger partial charge on any atom is 0.228 e. The van der Waals surface area contributed by atoms with Crippen molar-refractivity contribution in [3.63, 3.8) is 0 Å². The van der Waals surface area contributed by atoms with Crippen molar-refractivity contribution in [2.24, 2.45) is 5.73 Å². The van der Waals surface area contributed by atoms with E-state index in [0.717, 1.165) is 12.8 Å². The van der Waals surface area contributed by atoms with Gasteiger partial charge in [-0.25, -0.2) is 4.98 Å². The van der Waals surface area contributed by atoms with Gasteiger partial charge in [0.1, 0.15) is 0 Å². The molecule has 1 aromatic heterocycles. The van der Waals surface area contributed by atoms with Crippen LogP contribution in [-0.2, 0) is 22.4 Å². The lowest BCUT2D eigenvalue weighted by molar-refractivity contribution is -0.118. The lowest BCUT2D eigenvalue weighted by Gasteiger charge is -2.11. The number of hydrogen-bond acceptors (Lipinski definition) is 5. The zero-order valence-corrected chi connectivity index (χ0v) is 12.8. The van der Waals surface area contributed by atoms with Crippen molar-refractivity contribution < 1.29 is 9.53 Å². The zero-order chi connectivity index (χ0) is 14.4. The molecule has 1 aliphatic carbocycles. The topological polar surface area (TPSA) is 77.2 Å². The molecule has 3 N–H and O–H groups in total. The smallest absolute Gasteiger partial charge is 0.228 e. The standard InChI is InChI=1S/C14H23N3O2S/c1-19-10(9-15)8-13(18)17-14-16-11-6-4-2-3-5-7-12(11)20-14/h10H,2-9,15H2,1H3,(H,16,17,18). The zero-order valence-electron chi connectivity index (χ0n) is 12.0. The fraction of sp³-hybridized carbons (Fsp3) is 0.714. The third-order valence-electron chi connectivity index (χ3n) is 3.60. The second-order valence-electron chi connectivity index (χ2n) is 5.15. The fourth-order valence-electron chi connectivity index (χ4n) is 2.40. The van der Waals surface area contributed by atoms with Crippen LogP contribution in [0.25, 0.3) is 0 Å². The predicted octanol–water partition coefficient (Wildman–Crippen LogP) is 2.10. The molecule has 0 aliphatic heterocycles. The second-order valence-corrected chi connectivity index (χ2v) is 6.23. The van der Waals surface area contributed by atoms with Crippen LogP contribution in [0.1, 0.15) is 42.7 Å². The van der Waals surface area contributed by atoms with Crippen molar-refractivity contribution in [1.29, 1.82) is 0 Å². The number of amides is 1. The SMILES string of the molecule is COC(CN)CC(=O)Nc1nc2c(s1)CCCCCC2. The molecule has 0 radical (unpaired) electrons. The van der Waals surface area contributed by atoms with Gasteiger partial charge in [-0.2, -0.15) is 0 Å². The number of nitrogens with two attached hydrogens (primary N) is 1. The monoisotopic (exact) mass is 297 g/mol. The molecule has 1 unspecified atom stereocenters. The minimum Gasteiger partial charge on any atom is -0.380 e. The molecule has 0 fully saturated rings. The lowest BCUT2D eigenvalue weighted by Crippen LogP contribution is -2.28. The van der Waals surface area contributed by atoms with E-state index in [2.05, 4.69) is 10.3 Å². The van der Waals surface area contributed by atoms with E-state index in [1.54, 1.807) is 18.4 Å². The van der Waals surface area contributed by atoms with E-state index in [1.807, 2.05) is 0 Å². The number of rotatable bonds is 5. The first-order valence-electron chi connectivity index (χ1n) is 7.24. The van der Waals surface area contributed by atoms with Crippen LogP contribution in [-0.4, -0.2) is 30.6 Å². The molecule has 112 valence electrons. The van der Waals surface area contributed by atoms with Gasteiger partial charge in [0.25, 0.3) is 0 Å². The molecule has 1 amide bonds. The highest BCUT2D eigenvalue weighted by Gasteiger charge is 2.16. The Morgan fingerprint density at radius 1 is 1.40 bits per heavy atom. The van der Waals surface area contributed by atoms with Gasteiger partial charge in [0, 0.05) is 18.5 Å². The van der Waals surface area contributed by atoms with Crippen LogP contribution in [0.15, 0.2) is 0 Å². The number of ether oxygens (including phenoxy) is 1. The second kappa shape index (κ2) is 7.71. The van der Waals surface area contributed by atoms with E-state index in [-0.39, 0.29) is 18.4 Å². The van der Waals surface area contributed by atoms with Crippen LogP contribution < -0.4 is 11.1 Å². The first-order chi connectivity index (χ1) is 9.72. The number of hydrogen-bond donors (Lipinski definition) is 2. The van der Waals surface area contributed by atoms with Gasteiger partial charge in [-0.1, -0.05) is 12.8 Å². The minimum absolute atomic E-state index is 0.0796. The highest BCUT2D eigenvalue weighted by molar-refractivity contribution is 7.15. The molecule has 6 heteroatoms. The summed E-state index contributed by atoms with van der Waals surface area (Å²) in [7, 11) is 1.57. The Bertz CT molecular complexity index is 418. The van der Waals surface area contributed by atoms with E-state index in [9.17, 15) is 4.79 Å². The normalized spacial score (nSPS) is 16.9. The van der Waals surface area contributed by atoms with Gasteiger partial charge >= 0.3 is 0 Å². The summed E-state index contributed by atoms with van der Waals surface area (Å²) in [6, 6.07) is 0. The molecule has 0 bridgehead atoms. The van der Waals surface area contributed by atoms with Crippen LogP contribution in [0.3, 0.4) is 0 Å². The lowest BCUT2D eigenvalue weighted by atomic mass is 10.0. The van der Waals surface area contributed by atoms with Crippen LogP contribution in [0.5, 0.6) is 0 Å². The first-order valence-corrected chi connectivity index (χ1v) is 8.06. The first kappa shape index (κ1) is 15.4. The predicted molar refractivity (Wildman–Crippen MR) is 81.1 cm³/mol. The summed E-state index contributed by atoms with van der Waals surface area (Å²) < 4.78 is 5.12. The molecule has 20 heavy (non-hydrogen) atoms. The number of nitrogens with one attached hydrogen (secondary N) is 1. The maximum atomic E-state index is 11.9. The number of anilines is 1. The van der Waals surface area contributed by atoms with E-state index >= 15 is 0 Å². The van der Waals surface area contributed by atoms with Gasteiger partial charge < -0.3 is 15.8 Å². The molecule has 1 aromatic rings. The summed E-state index contributed by atoms with van der Waals surface area (Å²) in [5.41, 5.74) is 6.69. The molecule has 5 nitrogen and oxygen atoms in total. The molecule has 2 rings (SSSR count). The summed E-state index contributed by atoms with van der Waals surface area (Å²) in [5, 5.41) is 3.59. The third-order valence-corrected chi connectivity index (χ3v) is 4.67.